The van der Waals surface area contributed by atoms with Gasteiger partial charge in [0.05, 0.1) is 0 Å². The number of rotatable bonds is 6. The minimum Gasteiger partial charge on any atom is -0.313 e. The highest BCUT2D eigenvalue weighted by Crippen LogP contribution is 2.33. The maximum Gasteiger partial charge on any atom is 0.0417 e. The second-order valence-electron chi connectivity index (χ2n) is 4.49. The van der Waals surface area contributed by atoms with Gasteiger partial charge >= 0.3 is 0 Å². The lowest BCUT2D eigenvalue weighted by atomic mass is 10.2. The zero-order valence-electron chi connectivity index (χ0n) is 11.3. The summed E-state index contributed by atoms with van der Waals surface area (Å²) < 4.78 is 0. The maximum atomic E-state index is 6.12. The lowest BCUT2D eigenvalue weighted by molar-refractivity contribution is 0.669. The van der Waals surface area contributed by atoms with Gasteiger partial charge in [-0.1, -0.05) is 54.0 Å². The fourth-order valence-electron chi connectivity index (χ4n) is 1.83. The van der Waals surface area contributed by atoms with E-state index >= 15 is 0 Å². The van der Waals surface area contributed by atoms with Gasteiger partial charge in [-0.3, -0.25) is 0 Å². The molecule has 0 aliphatic heterocycles. The van der Waals surface area contributed by atoms with Crippen molar-refractivity contribution in [1.82, 2.24) is 5.32 Å². The van der Waals surface area contributed by atoms with Gasteiger partial charge in [-0.2, -0.15) is 0 Å². The highest BCUT2D eigenvalue weighted by Gasteiger charge is 2.06. The highest BCUT2D eigenvalue weighted by molar-refractivity contribution is 7.99. The van der Waals surface area contributed by atoms with E-state index in [1.54, 1.807) is 11.8 Å². The molecular weight excluding hydrogens is 309 g/mol. The molecule has 2 aromatic carbocycles. The van der Waals surface area contributed by atoms with Gasteiger partial charge in [0.2, 0.25) is 0 Å². The van der Waals surface area contributed by atoms with E-state index in [0.717, 1.165) is 34.5 Å². The monoisotopic (exact) mass is 325 g/mol. The third kappa shape index (κ3) is 4.71. The topological polar surface area (TPSA) is 12.0 Å². The van der Waals surface area contributed by atoms with Crippen molar-refractivity contribution in [2.75, 3.05) is 6.54 Å². The van der Waals surface area contributed by atoms with Crippen LogP contribution >= 0.6 is 35.0 Å². The fourth-order valence-corrected chi connectivity index (χ4v) is 3.36. The lowest BCUT2D eigenvalue weighted by Crippen LogP contribution is -2.14. The molecule has 106 valence electrons. The van der Waals surface area contributed by atoms with Crippen molar-refractivity contribution in [3.8, 4) is 0 Å². The molecule has 0 spiro atoms. The van der Waals surface area contributed by atoms with Gasteiger partial charge in [0.15, 0.2) is 0 Å². The molecule has 0 bridgehead atoms. The highest BCUT2D eigenvalue weighted by atomic mass is 35.5. The van der Waals surface area contributed by atoms with E-state index in [-0.39, 0.29) is 0 Å². The van der Waals surface area contributed by atoms with Crippen LogP contribution in [0.25, 0.3) is 0 Å². The fraction of sp³-hybridized carbons (Fsp3) is 0.250. The van der Waals surface area contributed by atoms with Crippen LogP contribution in [-0.4, -0.2) is 6.54 Å². The zero-order valence-corrected chi connectivity index (χ0v) is 13.7. The normalized spacial score (nSPS) is 10.8. The Morgan fingerprint density at radius 1 is 1.05 bits per heavy atom. The second kappa shape index (κ2) is 7.94. The molecule has 0 saturated heterocycles. The second-order valence-corrected chi connectivity index (χ2v) is 6.48. The Balaban J connectivity index is 2.18. The molecule has 2 aromatic rings. The first-order valence-corrected chi connectivity index (χ1v) is 8.19. The molecule has 2 rings (SSSR count). The SMILES string of the molecule is CCCNCc1ccc(Cl)cc1Sc1cccc(Cl)c1. The van der Waals surface area contributed by atoms with Crippen molar-refractivity contribution in [3.05, 3.63) is 58.1 Å². The largest absolute Gasteiger partial charge is 0.313 e. The molecule has 0 radical (unpaired) electrons. The standard InChI is InChI=1S/C16H17Cl2NS/c1-2-8-19-11-12-6-7-14(18)10-16(12)20-15-5-3-4-13(17)9-15/h3-7,9-10,19H,2,8,11H2,1H3. The average molecular weight is 326 g/mol. The molecule has 4 heteroatoms. The number of benzene rings is 2. The molecule has 0 aliphatic rings. The van der Waals surface area contributed by atoms with Gasteiger partial charge in [0.25, 0.3) is 0 Å². The zero-order chi connectivity index (χ0) is 14.4. The summed E-state index contributed by atoms with van der Waals surface area (Å²) >= 11 is 13.8. The van der Waals surface area contributed by atoms with Crippen LogP contribution in [0.4, 0.5) is 0 Å². The van der Waals surface area contributed by atoms with Crippen molar-refractivity contribution in [2.24, 2.45) is 0 Å². The summed E-state index contributed by atoms with van der Waals surface area (Å²) in [5.74, 6) is 0. The summed E-state index contributed by atoms with van der Waals surface area (Å²) in [5.41, 5.74) is 1.26. The van der Waals surface area contributed by atoms with Crippen LogP contribution in [0.1, 0.15) is 18.9 Å². The van der Waals surface area contributed by atoms with Gasteiger partial charge in [-0.15, -0.1) is 0 Å². The molecule has 20 heavy (non-hydrogen) atoms. The molecule has 1 nitrogen and oxygen atoms in total. The Morgan fingerprint density at radius 2 is 1.85 bits per heavy atom. The van der Waals surface area contributed by atoms with Crippen LogP contribution in [-0.2, 0) is 6.54 Å². The van der Waals surface area contributed by atoms with E-state index < -0.39 is 0 Å². The maximum absolute atomic E-state index is 6.12. The summed E-state index contributed by atoms with van der Waals surface area (Å²) in [5, 5.41) is 4.94. The first-order valence-electron chi connectivity index (χ1n) is 6.61. The predicted molar refractivity (Wildman–Crippen MR) is 89.0 cm³/mol. The predicted octanol–water partition coefficient (Wildman–Crippen LogP) is 5.64. The summed E-state index contributed by atoms with van der Waals surface area (Å²) in [4.78, 5) is 2.29. The van der Waals surface area contributed by atoms with Crippen LogP contribution < -0.4 is 5.32 Å². The van der Waals surface area contributed by atoms with Gasteiger partial charge in [0, 0.05) is 26.4 Å². The third-order valence-corrected chi connectivity index (χ3v) is 4.36. The van der Waals surface area contributed by atoms with Crippen molar-refractivity contribution >= 4 is 35.0 Å². The summed E-state index contributed by atoms with van der Waals surface area (Å²) in [6.45, 7) is 4.04. The molecule has 0 saturated carbocycles. The minimum absolute atomic E-state index is 0.752. The molecule has 0 aromatic heterocycles. The Bertz CT molecular complexity index is 572. The van der Waals surface area contributed by atoms with E-state index in [1.807, 2.05) is 30.3 Å². The molecule has 0 heterocycles. The van der Waals surface area contributed by atoms with Crippen molar-refractivity contribution < 1.29 is 0 Å². The average Bonchev–Trinajstić information content (AvgIpc) is 2.41. The smallest absolute Gasteiger partial charge is 0.0417 e. The number of hydrogen-bond acceptors (Lipinski definition) is 2. The van der Waals surface area contributed by atoms with E-state index in [1.165, 1.54) is 10.5 Å². The molecule has 0 aliphatic carbocycles. The molecule has 1 N–H and O–H groups in total. The first-order chi connectivity index (χ1) is 9.69. The van der Waals surface area contributed by atoms with E-state index in [9.17, 15) is 0 Å². The van der Waals surface area contributed by atoms with E-state index in [2.05, 4.69) is 24.4 Å². The van der Waals surface area contributed by atoms with E-state index in [0.29, 0.717) is 0 Å². The number of nitrogens with one attached hydrogen (secondary N) is 1. The van der Waals surface area contributed by atoms with Crippen LogP contribution in [0, 0.1) is 0 Å². The van der Waals surface area contributed by atoms with Crippen molar-refractivity contribution in [1.29, 1.82) is 0 Å². The Kier molecular flexibility index (Phi) is 6.24. The minimum atomic E-state index is 0.752. The molecular formula is C16H17Cl2NS. The van der Waals surface area contributed by atoms with Crippen LogP contribution in [0.5, 0.6) is 0 Å². The van der Waals surface area contributed by atoms with Gasteiger partial charge in [-0.05, 0) is 48.9 Å². The van der Waals surface area contributed by atoms with Crippen LogP contribution in [0.3, 0.4) is 0 Å². The first kappa shape index (κ1) is 15.7. The summed E-state index contributed by atoms with van der Waals surface area (Å²) in [6.07, 6.45) is 1.13. The van der Waals surface area contributed by atoms with E-state index in [4.69, 9.17) is 23.2 Å². The third-order valence-electron chi connectivity index (χ3n) is 2.80. The Morgan fingerprint density at radius 3 is 2.60 bits per heavy atom. The number of hydrogen-bond donors (Lipinski definition) is 1. The summed E-state index contributed by atoms with van der Waals surface area (Å²) in [6, 6.07) is 13.9. The Hall–Kier alpha value is -0.670. The molecule has 0 amide bonds. The molecule has 0 unspecified atom stereocenters. The summed E-state index contributed by atoms with van der Waals surface area (Å²) in [7, 11) is 0. The lowest BCUT2D eigenvalue weighted by Gasteiger charge is -2.11. The van der Waals surface area contributed by atoms with Gasteiger partial charge < -0.3 is 5.32 Å². The van der Waals surface area contributed by atoms with Crippen molar-refractivity contribution in [3.63, 3.8) is 0 Å². The van der Waals surface area contributed by atoms with Gasteiger partial charge in [-0.25, -0.2) is 0 Å². The number of halogens is 2. The van der Waals surface area contributed by atoms with Crippen molar-refractivity contribution in [2.45, 2.75) is 29.7 Å². The molecule has 0 atom stereocenters. The van der Waals surface area contributed by atoms with Crippen LogP contribution in [0.15, 0.2) is 52.3 Å². The Labute approximate surface area is 134 Å². The molecule has 0 fully saturated rings. The van der Waals surface area contributed by atoms with Gasteiger partial charge in [0.1, 0.15) is 0 Å². The van der Waals surface area contributed by atoms with Crippen LogP contribution in [0.2, 0.25) is 10.0 Å². The quantitative estimate of drug-likeness (QED) is 0.689.